The first-order chi connectivity index (χ1) is 24.8. The molecule has 1 aliphatic heterocycles. The molecule has 0 saturated carbocycles. The molecule has 3 heterocycles. The lowest BCUT2D eigenvalue weighted by Gasteiger charge is -2.28. The van der Waals surface area contributed by atoms with Gasteiger partial charge in [-0.25, -0.2) is 9.97 Å². The number of allylic oxidation sites excluding steroid dienone is 2. The van der Waals surface area contributed by atoms with Crippen LogP contribution in [0, 0.1) is 0 Å². The number of para-hydroxylation sites is 1. The molecule has 1 aliphatic carbocycles. The van der Waals surface area contributed by atoms with Crippen molar-refractivity contribution in [1.82, 2.24) is 9.97 Å². The van der Waals surface area contributed by atoms with Gasteiger partial charge in [0.2, 0.25) is 0 Å². The summed E-state index contributed by atoms with van der Waals surface area (Å²) in [5, 5.41) is 1.15. The summed E-state index contributed by atoms with van der Waals surface area (Å²) in [4.78, 5) is 13.0. The van der Waals surface area contributed by atoms with Gasteiger partial charge in [-0.05, 0) is 64.2 Å². The third-order valence-corrected chi connectivity index (χ3v) is 11.2. The number of hydrogen-bond acceptors (Lipinski definition) is 4. The van der Waals surface area contributed by atoms with Crippen LogP contribution in [0.25, 0.3) is 65.2 Å². The summed E-state index contributed by atoms with van der Waals surface area (Å²) in [5.41, 5.74) is 12.7. The first-order valence-corrected chi connectivity index (χ1v) is 17.9. The molecule has 0 spiro atoms. The van der Waals surface area contributed by atoms with Gasteiger partial charge in [-0.3, -0.25) is 0 Å². The molecule has 50 heavy (non-hydrogen) atoms. The van der Waals surface area contributed by atoms with Crippen molar-refractivity contribution in [3.8, 4) is 44.9 Å². The molecule has 236 valence electrons. The Hall–Kier alpha value is -6.10. The largest absolute Gasteiger partial charge is 0.333 e. The molecule has 0 radical (unpaired) electrons. The Kier molecular flexibility index (Phi) is 6.81. The smallest absolute Gasteiger partial charge is 0.160 e. The molecular formula is C46H31N3S. The first-order valence-electron chi connectivity index (χ1n) is 17.1. The van der Waals surface area contributed by atoms with Crippen LogP contribution in [0.5, 0.6) is 0 Å². The lowest BCUT2D eigenvalue weighted by atomic mass is 9.91. The molecule has 4 heteroatoms. The number of thiophene rings is 1. The van der Waals surface area contributed by atoms with Crippen LogP contribution in [0.2, 0.25) is 0 Å². The van der Waals surface area contributed by atoms with Crippen molar-refractivity contribution in [3.63, 3.8) is 0 Å². The first kappa shape index (κ1) is 28.9. The summed E-state index contributed by atoms with van der Waals surface area (Å²) in [7, 11) is 0. The highest BCUT2D eigenvalue weighted by Gasteiger charge is 2.36. The number of rotatable bonds is 5. The Labute approximate surface area is 295 Å². The van der Waals surface area contributed by atoms with Gasteiger partial charge in [0.15, 0.2) is 5.82 Å². The van der Waals surface area contributed by atoms with Crippen LogP contribution in [0.4, 0.5) is 11.4 Å². The van der Waals surface area contributed by atoms with E-state index < -0.39 is 0 Å². The van der Waals surface area contributed by atoms with Gasteiger partial charge in [-0.15, -0.1) is 11.3 Å². The number of nitrogens with zero attached hydrogens (tertiary/aromatic N) is 3. The van der Waals surface area contributed by atoms with Crippen LogP contribution >= 0.6 is 11.3 Å². The molecular weight excluding hydrogens is 627 g/mol. The average molecular weight is 658 g/mol. The van der Waals surface area contributed by atoms with Crippen molar-refractivity contribution in [2.24, 2.45) is 0 Å². The van der Waals surface area contributed by atoms with Crippen LogP contribution in [-0.4, -0.2) is 16.0 Å². The second-order valence-electron chi connectivity index (χ2n) is 13.0. The van der Waals surface area contributed by atoms with Crippen molar-refractivity contribution in [3.05, 3.63) is 182 Å². The van der Waals surface area contributed by atoms with Crippen LogP contribution < -0.4 is 4.90 Å². The Morgan fingerprint density at radius 2 is 1.18 bits per heavy atom. The minimum Gasteiger partial charge on any atom is -0.333 e. The van der Waals surface area contributed by atoms with Crippen molar-refractivity contribution in [2.75, 3.05) is 4.90 Å². The summed E-state index contributed by atoms with van der Waals surface area (Å²) in [6, 6.07) is 54.5. The maximum absolute atomic E-state index is 5.24. The zero-order valence-corrected chi connectivity index (χ0v) is 28.0. The summed E-state index contributed by atoms with van der Waals surface area (Å²) < 4.78 is 2.31. The second-order valence-corrected chi connectivity index (χ2v) is 14.0. The van der Waals surface area contributed by atoms with Crippen LogP contribution in [-0.2, 0) is 0 Å². The number of anilines is 2. The molecule has 2 aliphatic rings. The molecule has 2 aromatic heterocycles. The Morgan fingerprint density at radius 3 is 2.02 bits per heavy atom. The maximum atomic E-state index is 5.24. The molecule has 8 aromatic rings. The number of fused-ring (bicyclic) bond motifs is 6. The van der Waals surface area contributed by atoms with E-state index in [-0.39, 0.29) is 6.04 Å². The van der Waals surface area contributed by atoms with Crippen LogP contribution in [0.3, 0.4) is 0 Å². The van der Waals surface area contributed by atoms with Gasteiger partial charge >= 0.3 is 0 Å². The van der Waals surface area contributed by atoms with E-state index in [1.807, 2.05) is 18.2 Å². The number of aromatic nitrogens is 2. The third kappa shape index (κ3) is 4.80. The SMILES string of the molecule is C1=CC2c3ccccc3N(c3ccc(-c4ccc5sc6c(-c7cccc(-c8ccccc8)c7)nc(-c7ccccc7)nc6c5c4)cc3)C2C=C1. The molecule has 10 rings (SSSR count). The number of hydrogen-bond donors (Lipinski definition) is 0. The predicted molar refractivity (Wildman–Crippen MR) is 210 cm³/mol. The monoisotopic (exact) mass is 657 g/mol. The van der Waals surface area contributed by atoms with E-state index in [2.05, 4.69) is 163 Å². The fraction of sp³-hybridized carbons (Fsp3) is 0.0435. The van der Waals surface area contributed by atoms with Crippen LogP contribution in [0.15, 0.2) is 176 Å². The van der Waals surface area contributed by atoms with E-state index in [4.69, 9.17) is 9.97 Å². The Bertz CT molecular complexity index is 2600. The summed E-state index contributed by atoms with van der Waals surface area (Å²) in [6.45, 7) is 0. The predicted octanol–water partition coefficient (Wildman–Crippen LogP) is 12.2. The molecule has 2 unspecified atom stereocenters. The minimum absolute atomic E-state index is 0.290. The fourth-order valence-corrected chi connectivity index (χ4v) is 8.75. The Balaban J connectivity index is 1.08. The summed E-state index contributed by atoms with van der Waals surface area (Å²) in [5.74, 6) is 1.11. The fourth-order valence-electron chi connectivity index (χ4n) is 7.62. The highest BCUT2D eigenvalue weighted by molar-refractivity contribution is 7.26. The van der Waals surface area contributed by atoms with Gasteiger partial charge in [0.05, 0.1) is 22.0 Å². The normalized spacial score (nSPS) is 16.2. The topological polar surface area (TPSA) is 29.0 Å². The zero-order valence-electron chi connectivity index (χ0n) is 27.1. The van der Waals surface area contributed by atoms with Gasteiger partial charge in [-0.2, -0.15) is 0 Å². The van der Waals surface area contributed by atoms with Gasteiger partial charge in [0, 0.05) is 38.5 Å². The van der Waals surface area contributed by atoms with E-state index in [1.165, 1.54) is 43.9 Å². The molecule has 0 fully saturated rings. The second kappa shape index (κ2) is 11.8. The quantitative estimate of drug-likeness (QED) is 0.184. The van der Waals surface area contributed by atoms with E-state index in [1.54, 1.807) is 11.3 Å². The molecule has 0 amide bonds. The van der Waals surface area contributed by atoms with E-state index >= 15 is 0 Å². The van der Waals surface area contributed by atoms with E-state index in [0.29, 0.717) is 5.92 Å². The molecule has 6 aromatic carbocycles. The average Bonchev–Trinajstić information content (AvgIpc) is 3.74. The summed E-state index contributed by atoms with van der Waals surface area (Å²) >= 11 is 1.77. The lowest BCUT2D eigenvalue weighted by Crippen LogP contribution is -2.28. The minimum atomic E-state index is 0.290. The third-order valence-electron chi connectivity index (χ3n) is 10.0. The number of benzene rings is 6. The van der Waals surface area contributed by atoms with Crippen molar-refractivity contribution >= 4 is 43.0 Å². The van der Waals surface area contributed by atoms with Crippen LogP contribution in [0.1, 0.15) is 11.5 Å². The molecule has 0 saturated heterocycles. The van der Waals surface area contributed by atoms with Crippen molar-refractivity contribution < 1.29 is 0 Å². The summed E-state index contributed by atoms with van der Waals surface area (Å²) in [6.07, 6.45) is 9.00. The van der Waals surface area contributed by atoms with Gasteiger partial charge < -0.3 is 4.90 Å². The van der Waals surface area contributed by atoms with Crippen molar-refractivity contribution in [1.29, 1.82) is 0 Å². The standard InChI is InChI=1S/C46H31N3S/c1-3-12-30(13-4-1)33-16-11-17-35(28-33)43-45-44(48-46(47-43)32-14-5-2-6-15-32)39-29-34(24-27-42(39)50-45)31-22-25-36(26-23-31)49-40-20-9-7-18-37(40)38-19-8-10-21-41(38)49/h1-29,37,40H. The maximum Gasteiger partial charge on any atom is 0.160 e. The Morgan fingerprint density at radius 1 is 0.520 bits per heavy atom. The lowest BCUT2D eigenvalue weighted by molar-refractivity contribution is 0.745. The van der Waals surface area contributed by atoms with Gasteiger partial charge in [-0.1, -0.05) is 140 Å². The van der Waals surface area contributed by atoms with Crippen molar-refractivity contribution in [2.45, 2.75) is 12.0 Å². The van der Waals surface area contributed by atoms with E-state index in [0.717, 1.165) is 38.2 Å². The molecule has 2 atom stereocenters. The van der Waals surface area contributed by atoms with E-state index in [9.17, 15) is 0 Å². The van der Waals surface area contributed by atoms with Gasteiger partial charge in [0.25, 0.3) is 0 Å². The van der Waals surface area contributed by atoms with Gasteiger partial charge in [0.1, 0.15) is 0 Å². The molecule has 0 N–H and O–H groups in total. The molecule has 0 bridgehead atoms. The zero-order chi connectivity index (χ0) is 33.0. The highest BCUT2D eigenvalue weighted by atomic mass is 32.1. The highest BCUT2D eigenvalue weighted by Crippen LogP contribution is 2.48. The molecule has 3 nitrogen and oxygen atoms in total.